The van der Waals surface area contributed by atoms with E-state index >= 15 is 0 Å². The van der Waals surface area contributed by atoms with Crippen molar-refractivity contribution < 1.29 is 32.3 Å². The van der Waals surface area contributed by atoms with Gasteiger partial charge in [-0.1, -0.05) is 34.1 Å². The van der Waals surface area contributed by atoms with Crippen LogP contribution in [0.2, 0.25) is 0 Å². The van der Waals surface area contributed by atoms with Gasteiger partial charge in [0, 0.05) is 16.7 Å². The van der Waals surface area contributed by atoms with Gasteiger partial charge in [-0.2, -0.15) is 13.2 Å². The molecule has 0 bridgehead atoms. The first kappa shape index (κ1) is 21.5. The van der Waals surface area contributed by atoms with Crippen molar-refractivity contribution in [2.45, 2.75) is 12.7 Å². The van der Waals surface area contributed by atoms with E-state index in [9.17, 15) is 32.3 Å². The number of halogens is 4. The fourth-order valence-corrected chi connectivity index (χ4v) is 3.15. The molecule has 0 atom stereocenters. The fourth-order valence-electron chi connectivity index (χ4n) is 2.79. The lowest BCUT2D eigenvalue weighted by molar-refractivity contribution is -0.167. The largest absolute Gasteiger partial charge is 0.471 e. The van der Waals surface area contributed by atoms with E-state index in [0.29, 0.717) is 4.47 Å². The van der Waals surface area contributed by atoms with Gasteiger partial charge in [-0.3, -0.25) is 24.1 Å². The van der Waals surface area contributed by atoms with E-state index in [4.69, 9.17) is 0 Å². The topological polar surface area (TPSA) is 95.6 Å². The Balaban J connectivity index is 1.64. The van der Waals surface area contributed by atoms with E-state index < -0.39 is 36.3 Å². The molecule has 1 aliphatic rings. The molecule has 0 fully saturated rings. The lowest BCUT2D eigenvalue weighted by atomic mass is 10.1. The molecule has 0 aromatic heterocycles. The van der Waals surface area contributed by atoms with Crippen LogP contribution in [0, 0.1) is 0 Å². The number of carbonyl (C=O) groups excluding carboxylic acids is 4. The first-order chi connectivity index (χ1) is 14.1. The van der Waals surface area contributed by atoms with Gasteiger partial charge in [0.2, 0.25) is 5.91 Å². The van der Waals surface area contributed by atoms with Crippen LogP contribution in [0.5, 0.6) is 0 Å². The molecule has 3 rings (SSSR count). The molecule has 1 heterocycles. The minimum absolute atomic E-state index is 0.120. The second-order valence-electron chi connectivity index (χ2n) is 6.27. The molecule has 30 heavy (non-hydrogen) atoms. The normalized spacial score (nSPS) is 13.3. The Labute approximate surface area is 176 Å². The van der Waals surface area contributed by atoms with Crippen LogP contribution in [0.15, 0.2) is 46.9 Å². The Morgan fingerprint density at radius 3 is 2.37 bits per heavy atom. The number of nitrogens with one attached hydrogen (secondary N) is 2. The molecule has 2 aromatic rings. The predicted molar refractivity (Wildman–Crippen MR) is 102 cm³/mol. The van der Waals surface area contributed by atoms with Crippen molar-refractivity contribution in [1.82, 2.24) is 10.2 Å². The monoisotopic (exact) mass is 483 g/mol. The molecule has 4 amide bonds. The average molecular weight is 484 g/mol. The third-order valence-electron chi connectivity index (χ3n) is 4.23. The summed E-state index contributed by atoms with van der Waals surface area (Å²) in [5.74, 6) is -4.07. The second-order valence-corrected chi connectivity index (χ2v) is 7.19. The number of para-hydroxylation sites is 1. The number of alkyl halides is 3. The van der Waals surface area contributed by atoms with Gasteiger partial charge in [0.1, 0.15) is 6.54 Å². The van der Waals surface area contributed by atoms with Gasteiger partial charge in [-0.05, 0) is 29.8 Å². The smallest absolute Gasteiger partial charge is 0.350 e. The van der Waals surface area contributed by atoms with E-state index in [1.807, 2.05) is 0 Å². The van der Waals surface area contributed by atoms with Crippen LogP contribution in [0.4, 0.5) is 18.9 Å². The van der Waals surface area contributed by atoms with Gasteiger partial charge in [-0.25, -0.2) is 0 Å². The first-order valence-electron chi connectivity index (χ1n) is 8.46. The number of amides is 4. The van der Waals surface area contributed by atoms with Gasteiger partial charge >= 0.3 is 12.1 Å². The molecule has 2 aromatic carbocycles. The molecule has 0 saturated carbocycles. The molecule has 0 spiro atoms. The molecular weight excluding hydrogens is 471 g/mol. The summed E-state index contributed by atoms with van der Waals surface area (Å²) in [7, 11) is 0. The van der Waals surface area contributed by atoms with Gasteiger partial charge in [-0.15, -0.1) is 0 Å². The maximum absolute atomic E-state index is 12.5. The summed E-state index contributed by atoms with van der Waals surface area (Å²) in [5, 5.41) is 4.17. The minimum atomic E-state index is -5.06. The number of fused-ring (bicyclic) bond motifs is 1. The van der Waals surface area contributed by atoms with E-state index in [0.717, 1.165) is 4.90 Å². The van der Waals surface area contributed by atoms with Crippen LogP contribution in [-0.4, -0.2) is 41.2 Å². The Kier molecular flexibility index (Phi) is 5.92. The number of hydrogen-bond acceptors (Lipinski definition) is 4. The summed E-state index contributed by atoms with van der Waals surface area (Å²) in [4.78, 5) is 48.9. The number of carbonyl (C=O) groups is 4. The summed E-state index contributed by atoms with van der Waals surface area (Å²) in [6.45, 7) is -0.775. The van der Waals surface area contributed by atoms with E-state index in [1.54, 1.807) is 11.4 Å². The number of anilines is 1. The van der Waals surface area contributed by atoms with Crippen molar-refractivity contribution in [2.24, 2.45) is 0 Å². The number of imide groups is 1. The molecule has 0 radical (unpaired) electrons. The van der Waals surface area contributed by atoms with E-state index in [1.165, 1.54) is 36.4 Å². The molecule has 2 N–H and O–H groups in total. The first-order valence-corrected chi connectivity index (χ1v) is 9.25. The Morgan fingerprint density at radius 2 is 1.67 bits per heavy atom. The zero-order valence-electron chi connectivity index (χ0n) is 15.0. The molecule has 11 heteroatoms. The predicted octanol–water partition coefficient (Wildman–Crippen LogP) is 2.86. The highest BCUT2D eigenvalue weighted by atomic mass is 79.9. The maximum Gasteiger partial charge on any atom is 0.471 e. The molecule has 0 unspecified atom stereocenters. The second kappa shape index (κ2) is 8.27. The lowest BCUT2D eigenvalue weighted by Crippen LogP contribution is -2.40. The summed E-state index contributed by atoms with van der Waals surface area (Å²) >= 11 is 3.21. The van der Waals surface area contributed by atoms with Gasteiger partial charge in [0.25, 0.3) is 11.8 Å². The summed E-state index contributed by atoms with van der Waals surface area (Å²) in [6, 6.07) is 10.2. The third kappa shape index (κ3) is 4.51. The minimum Gasteiger partial charge on any atom is -0.350 e. The zero-order chi connectivity index (χ0) is 22.1. The van der Waals surface area contributed by atoms with Crippen LogP contribution in [-0.2, 0) is 16.1 Å². The van der Waals surface area contributed by atoms with Crippen LogP contribution in [0.25, 0.3) is 0 Å². The number of hydrogen-bond donors (Lipinski definition) is 2. The number of rotatable bonds is 5. The average Bonchev–Trinajstić information content (AvgIpc) is 2.91. The summed E-state index contributed by atoms with van der Waals surface area (Å²) in [6.07, 6.45) is -5.06. The van der Waals surface area contributed by atoms with Crippen molar-refractivity contribution in [2.75, 3.05) is 11.9 Å². The van der Waals surface area contributed by atoms with E-state index in [-0.39, 0.29) is 28.9 Å². The van der Waals surface area contributed by atoms with Crippen LogP contribution in [0.1, 0.15) is 26.3 Å². The molecule has 0 saturated heterocycles. The van der Waals surface area contributed by atoms with Gasteiger partial charge in [0.15, 0.2) is 0 Å². The van der Waals surface area contributed by atoms with Crippen molar-refractivity contribution in [3.05, 3.63) is 63.6 Å². The van der Waals surface area contributed by atoms with Crippen LogP contribution < -0.4 is 10.6 Å². The maximum atomic E-state index is 12.5. The van der Waals surface area contributed by atoms with E-state index in [2.05, 4.69) is 21.2 Å². The SMILES string of the molecule is O=C(CN1C(=O)c2ccc(Br)cc2C1=O)NCc1ccccc1NC(=O)C(F)(F)F. The summed E-state index contributed by atoms with van der Waals surface area (Å²) in [5.41, 5.74) is 0.444. The number of benzene rings is 2. The molecule has 1 aliphatic heterocycles. The highest BCUT2D eigenvalue weighted by molar-refractivity contribution is 9.10. The molecule has 7 nitrogen and oxygen atoms in total. The Morgan fingerprint density at radius 1 is 1.00 bits per heavy atom. The highest BCUT2D eigenvalue weighted by Gasteiger charge is 2.39. The third-order valence-corrected chi connectivity index (χ3v) is 4.73. The van der Waals surface area contributed by atoms with Gasteiger partial charge < -0.3 is 10.6 Å². The lowest BCUT2D eigenvalue weighted by Gasteiger charge is -2.15. The number of nitrogens with zero attached hydrogens (tertiary/aromatic N) is 1. The molecule has 0 aliphatic carbocycles. The standard InChI is InChI=1S/C19H13BrF3N3O4/c20-11-5-6-12-13(7-11)17(29)26(16(12)28)9-15(27)24-8-10-3-1-2-4-14(10)25-18(30)19(21,22)23/h1-7H,8-9H2,(H,24,27)(H,25,30). The van der Waals surface area contributed by atoms with Crippen LogP contribution in [0.3, 0.4) is 0 Å². The molecule has 156 valence electrons. The van der Waals surface area contributed by atoms with Crippen molar-refractivity contribution in [3.8, 4) is 0 Å². The fraction of sp³-hybridized carbons (Fsp3) is 0.158. The van der Waals surface area contributed by atoms with Gasteiger partial charge in [0.05, 0.1) is 11.1 Å². The van der Waals surface area contributed by atoms with Crippen molar-refractivity contribution >= 4 is 45.2 Å². The van der Waals surface area contributed by atoms with Crippen molar-refractivity contribution in [1.29, 1.82) is 0 Å². The van der Waals surface area contributed by atoms with Crippen molar-refractivity contribution in [3.63, 3.8) is 0 Å². The zero-order valence-corrected chi connectivity index (χ0v) is 16.6. The Bertz CT molecular complexity index is 1060. The highest BCUT2D eigenvalue weighted by Crippen LogP contribution is 2.26. The quantitative estimate of drug-likeness (QED) is 0.639. The Hall–Kier alpha value is -3.21. The summed E-state index contributed by atoms with van der Waals surface area (Å²) < 4.78 is 38.0. The van der Waals surface area contributed by atoms with Crippen LogP contribution >= 0.6 is 15.9 Å². The molecular formula is C19H13BrF3N3O4.